The second-order valence-electron chi connectivity index (χ2n) is 6.28. The summed E-state index contributed by atoms with van der Waals surface area (Å²) in [4.78, 5) is 4.38. The van der Waals surface area contributed by atoms with Crippen molar-refractivity contribution in [1.82, 2.24) is 20.1 Å². The van der Waals surface area contributed by atoms with Crippen molar-refractivity contribution in [3.8, 4) is 0 Å². The average molecular weight is 355 g/mol. The SMILES string of the molecule is COCC(C)NC(N)=NCCCc1nnc(SC)n1C1CCCC1. The van der Waals surface area contributed by atoms with Crippen molar-refractivity contribution in [2.24, 2.45) is 10.7 Å². The Balaban J connectivity index is 1.85. The summed E-state index contributed by atoms with van der Waals surface area (Å²) in [7, 11) is 1.68. The van der Waals surface area contributed by atoms with Crippen molar-refractivity contribution < 1.29 is 4.74 Å². The van der Waals surface area contributed by atoms with Gasteiger partial charge in [0.15, 0.2) is 11.1 Å². The molecular formula is C16H30N6OS. The van der Waals surface area contributed by atoms with E-state index >= 15 is 0 Å². The summed E-state index contributed by atoms with van der Waals surface area (Å²) >= 11 is 1.68. The van der Waals surface area contributed by atoms with Crippen LogP contribution >= 0.6 is 11.8 Å². The van der Waals surface area contributed by atoms with Crippen LogP contribution in [0.25, 0.3) is 0 Å². The number of aromatic nitrogens is 3. The lowest BCUT2D eigenvalue weighted by molar-refractivity contribution is 0.179. The van der Waals surface area contributed by atoms with Crippen LogP contribution in [0.3, 0.4) is 0 Å². The molecule has 1 unspecified atom stereocenters. The number of nitrogens with one attached hydrogen (secondary N) is 1. The third kappa shape index (κ3) is 5.37. The first-order valence-electron chi connectivity index (χ1n) is 8.68. The standard InChI is InChI=1S/C16H30N6OS/c1-12(11-23-2)19-15(17)18-10-6-9-14-20-21-16(24-3)22(14)13-7-4-5-8-13/h12-13H,4-11H2,1-3H3,(H3,17,18,19). The van der Waals surface area contributed by atoms with Gasteiger partial charge in [0.1, 0.15) is 5.82 Å². The van der Waals surface area contributed by atoms with Crippen molar-refractivity contribution in [2.75, 3.05) is 26.5 Å². The summed E-state index contributed by atoms with van der Waals surface area (Å²) in [6.45, 7) is 3.31. The average Bonchev–Trinajstić information content (AvgIpc) is 3.20. The topological polar surface area (TPSA) is 90.3 Å². The number of aryl methyl sites for hydroxylation is 1. The normalized spacial score (nSPS) is 17.4. The van der Waals surface area contributed by atoms with Gasteiger partial charge in [0.2, 0.25) is 0 Å². The molecule has 24 heavy (non-hydrogen) atoms. The summed E-state index contributed by atoms with van der Waals surface area (Å²) in [5.41, 5.74) is 5.89. The Bertz CT molecular complexity index is 527. The van der Waals surface area contributed by atoms with Crippen LogP contribution in [-0.2, 0) is 11.2 Å². The maximum atomic E-state index is 5.89. The molecule has 3 N–H and O–H groups in total. The van der Waals surface area contributed by atoms with Crippen LogP contribution in [0.2, 0.25) is 0 Å². The summed E-state index contributed by atoms with van der Waals surface area (Å²) in [6, 6.07) is 0.732. The highest BCUT2D eigenvalue weighted by molar-refractivity contribution is 7.98. The molecule has 1 aliphatic carbocycles. The van der Waals surface area contributed by atoms with Crippen molar-refractivity contribution in [2.45, 2.75) is 62.7 Å². The third-order valence-corrected chi connectivity index (χ3v) is 4.90. The van der Waals surface area contributed by atoms with Crippen molar-refractivity contribution >= 4 is 17.7 Å². The molecule has 0 radical (unpaired) electrons. The highest BCUT2D eigenvalue weighted by atomic mass is 32.2. The molecule has 1 atom stereocenters. The Hall–Kier alpha value is -1.28. The zero-order valence-corrected chi connectivity index (χ0v) is 15.8. The summed E-state index contributed by atoms with van der Waals surface area (Å²) in [5, 5.41) is 12.9. The van der Waals surface area contributed by atoms with Crippen LogP contribution in [0.4, 0.5) is 0 Å². The number of methoxy groups -OCH3 is 1. The van der Waals surface area contributed by atoms with Gasteiger partial charge in [-0.2, -0.15) is 0 Å². The zero-order valence-electron chi connectivity index (χ0n) is 15.0. The number of thioether (sulfide) groups is 1. The van der Waals surface area contributed by atoms with E-state index in [0.29, 0.717) is 25.2 Å². The number of guanidine groups is 1. The molecule has 0 bridgehead atoms. The van der Waals surface area contributed by atoms with Gasteiger partial charge in [-0.1, -0.05) is 24.6 Å². The van der Waals surface area contributed by atoms with Crippen molar-refractivity contribution in [3.63, 3.8) is 0 Å². The van der Waals surface area contributed by atoms with Gasteiger partial charge in [0, 0.05) is 32.2 Å². The van der Waals surface area contributed by atoms with E-state index in [1.165, 1.54) is 25.7 Å². The van der Waals surface area contributed by atoms with Crippen molar-refractivity contribution in [3.05, 3.63) is 5.82 Å². The number of hydrogen-bond acceptors (Lipinski definition) is 5. The molecule has 1 saturated carbocycles. The quantitative estimate of drug-likeness (QED) is 0.305. The Morgan fingerprint density at radius 1 is 1.46 bits per heavy atom. The number of aliphatic imine (C=N–C) groups is 1. The van der Waals surface area contributed by atoms with Gasteiger partial charge in [-0.3, -0.25) is 4.99 Å². The van der Waals surface area contributed by atoms with Gasteiger partial charge >= 0.3 is 0 Å². The Morgan fingerprint density at radius 3 is 2.88 bits per heavy atom. The van der Waals surface area contributed by atoms with Gasteiger partial charge in [0.25, 0.3) is 0 Å². The van der Waals surface area contributed by atoms with Gasteiger partial charge in [0.05, 0.1) is 6.61 Å². The van der Waals surface area contributed by atoms with E-state index < -0.39 is 0 Å². The molecule has 1 aliphatic rings. The van der Waals surface area contributed by atoms with Crippen molar-refractivity contribution in [1.29, 1.82) is 0 Å². The second-order valence-corrected chi connectivity index (χ2v) is 7.06. The fourth-order valence-corrected chi connectivity index (χ4v) is 3.75. The third-order valence-electron chi connectivity index (χ3n) is 4.26. The molecule has 0 amide bonds. The van der Waals surface area contributed by atoms with Crippen LogP contribution < -0.4 is 11.1 Å². The first kappa shape index (κ1) is 19.1. The van der Waals surface area contributed by atoms with E-state index in [0.717, 1.165) is 23.8 Å². The maximum Gasteiger partial charge on any atom is 0.191 e. The number of hydrogen-bond donors (Lipinski definition) is 2. The molecule has 1 aromatic heterocycles. The van der Waals surface area contributed by atoms with E-state index in [1.54, 1.807) is 18.9 Å². The molecular weight excluding hydrogens is 324 g/mol. The fraction of sp³-hybridized carbons (Fsp3) is 0.812. The Kier molecular flexibility index (Phi) is 7.84. The highest BCUT2D eigenvalue weighted by Gasteiger charge is 2.23. The Labute approximate surface area is 148 Å². The summed E-state index contributed by atoms with van der Waals surface area (Å²) < 4.78 is 7.42. The molecule has 2 rings (SSSR count). The smallest absolute Gasteiger partial charge is 0.191 e. The number of nitrogens with zero attached hydrogens (tertiary/aromatic N) is 4. The monoisotopic (exact) mass is 354 g/mol. The van der Waals surface area contributed by atoms with E-state index in [1.807, 2.05) is 6.92 Å². The van der Waals surface area contributed by atoms with Crippen LogP contribution in [0.15, 0.2) is 10.1 Å². The van der Waals surface area contributed by atoms with Gasteiger partial charge in [-0.15, -0.1) is 10.2 Å². The van der Waals surface area contributed by atoms with Gasteiger partial charge < -0.3 is 20.4 Å². The molecule has 8 heteroatoms. The highest BCUT2D eigenvalue weighted by Crippen LogP contribution is 2.33. The minimum atomic E-state index is 0.161. The first-order valence-corrected chi connectivity index (χ1v) is 9.91. The molecule has 0 aromatic carbocycles. The molecule has 7 nitrogen and oxygen atoms in total. The van der Waals surface area contributed by atoms with E-state index in [4.69, 9.17) is 10.5 Å². The first-order chi connectivity index (χ1) is 11.7. The minimum Gasteiger partial charge on any atom is -0.383 e. The lowest BCUT2D eigenvalue weighted by atomic mass is 10.2. The number of nitrogens with two attached hydrogens (primary N) is 1. The molecule has 1 heterocycles. The largest absolute Gasteiger partial charge is 0.383 e. The summed E-state index contributed by atoms with van der Waals surface area (Å²) in [5.74, 6) is 1.56. The maximum absolute atomic E-state index is 5.89. The lowest BCUT2D eigenvalue weighted by Gasteiger charge is -2.16. The van der Waals surface area contributed by atoms with Crippen LogP contribution in [0.1, 0.15) is 50.9 Å². The van der Waals surface area contributed by atoms with Gasteiger partial charge in [-0.25, -0.2) is 0 Å². The molecule has 1 aromatic rings. The lowest BCUT2D eigenvalue weighted by Crippen LogP contribution is -2.40. The van der Waals surface area contributed by atoms with E-state index in [2.05, 4.69) is 31.3 Å². The van der Waals surface area contributed by atoms with E-state index in [9.17, 15) is 0 Å². The summed E-state index contributed by atoms with van der Waals surface area (Å²) in [6.07, 6.45) is 8.96. The Morgan fingerprint density at radius 2 is 2.21 bits per heavy atom. The van der Waals surface area contributed by atoms with Crippen LogP contribution in [0.5, 0.6) is 0 Å². The number of rotatable bonds is 9. The molecule has 0 saturated heterocycles. The van der Waals surface area contributed by atoms with E-state index in [-0.39, 0.29) is 6.04 Å². The van der Waals surface area contributed by atoms with Crippen LogP contribution in [0, 0.1) is 0 Å². The minimum absolute atomic E-state index is 0.161. The molecule has 0 spiro atoms. The molecule has 136 valence electrons. The zero-order chi connectivity index (χ0) is 17.4. The predicted molar refractivity (Wildman–Crippen MR) is 98.6 cm³/mol. The molecule has 0 aliphatic heterocycles. The fourth-order valence-electron chi connectivity index (χ4n) is 3.17. The molecule has 1 fully saturated rings. The van der Waals surface area contributed by atoms with Gasteiger partial charge in [-0.05, 0) is 32.4 Å². The second kappa shape index (κ2) is 9.88. The van der Waals surface area contributed by atoms with Crippen LogP contribution in [-0.4, -0.2) is 53.3 Å². The predicted octanol–water partition coefficient (Wildman–Crippen LogP) is 1.99. The number of ether oxygens (including phenoxy) is 1.